The third-order valence-electron chi connectivity index (χ3n) is 6.84. The van der Waals surface area contributed by atoms with Crippen LogP contribution in [0.4, 0.5) is 10.7 Å². The Balaban J connectivity index is 1.46. The Morgan fingerprint density at radius 1 is 1.33 bits per heavy atom. The van der Waals surface area contributed by atoms with E-state index in [1.165, 1.54) is 16.6 Å². The van der Waals surface area contributed by atoms with E-state index >= 15 is 0 Å². The smallest absolute Gasteiger partial charge is 0.235 e. The minimum Gasteiger partial charge on any atom is -0.378 e. The molecule has 1 amide bonds. The number of fused-ring (bicyclic) bond motifs is 1. The number of hydrogen-bond acceptors (Lipinski definition) is 7. The molecule has 1 aromatic carbocycles. The number of amides is 1. The highest BCUT2D eigenvalue weighted by Gasteiger charge is 2.32. The van der Waals surface area contributed by atoms with Gasteiger partial charge in [0.25, 0.3) is 0 Å². The Hall–Kier alpha value is -2.83. The largest absolute Gasteiger partial charge is 0.378 e. The van der Waals surface area contributed by atoms with Crippen LogP contribution in [0.25, 0.3) is 11.4 Å². The van der Waals surface area contributed by atoms with E-state index in [4.69, 9.17) is 0 Å². The number of hydrogen-bond donors (Lipinski definition) is 1. The molecule has 4 rings (SSSR count). The Bertz CT molecular complexity index is 1290. The third-order valence-corrected chi connectivity index (χ3v) is 8.98. The van der Waals surface area contributed by atoms with Crippen LogP contribution in [0.2, 0.25) is 0 Å². The summed E-state index contributed by atoms with van der Waals surface area (Å²) in [6.45, 7) is 9.58. The van der Waals surface area contributed by atoms with Crippen molar-refractivity contribution in [2.45, 2.75) is 58.7 Å². The zero-order chi connectivity index (χ0) is 26.0. The zero-order valence-electron chi connectivity index (χ0n) is 21.9. The Morgan fingerprint density at radius 2 is 2.11 bits per heavy atom. The molecule has 0 saturated heterocycles. The highest BCUT2D eigenvalue weighted by atomic mass is 32.2. The summed E-state index contributed by atoms with van der Waals surface area (Å²) in [5, 5.41) is 23.0. The van der Waals surface area contributed by atoms with Crippen LogP contribution >= 0.6 is 23.1 Å². The van der Waals surface area contributed by atoms with Crippen molar-refractivity contribution in [3.8, 4) is 17.5 Å². The molecule has 0 radical (unpaired) electrons. The highest BCUT2D eigenvalue weighted by molar-refractivity contribution is 7.99. The molecule has 0 bridgehead atoms. The summed E-state index contributed by atoms with van der Waals surface area (Å²) in [4.78, 5) is 16.2. The van der Waals surface area contributed by atoms with Crippen molar-refractivity contribution in [3.05, 3.63) is 40.3 Å². The van der Waals surface area contributed by atoms with Gasteiger partial charge in [-0.3, -0.25) is 4.79 Å². The minimum absolute atomic E-state index is 0.135. The number of nitrogens with one attached hydrogen (secondary N) is 1. The van der Waals surface area contributed by atoms with Crippen LogP contribution in [0.1, 0.15) is 50.1 Å². The van der Waals surface area contributed by atoms with Crippen LogP contribution in [0, 0.1) is 22.7 Å². The fraction of sp³-hybridized carbons (Fsp3) is 0.481. The van der Waals surface area contributed by atoms with E-state index < -0.39 is 0 Å². The van der Waals surface area contributed by atoms with Gasteiger partial charge in [-0.1, -0.05) is 44.7 Å². The molecule has 3 aromatic rings. The molecule has 7 nitrogen and oxygen atoms in total. The van der Waals surface area contributed by atoms with Crippen molar-refractivity contribution in [2.75, 3.05) is 30.1 Å². The summed E-state index contributed by atoms with van der Waals surface area (Å²) in [6.07, 6.45) is 2.95. The van der Waals surface area contributed by atoms with E-state index in [2.05, 4.69) is 59.4 Å². The van der Waals surface area contributed by atoms with Gasteiger partial charge in [0.1, 0.15) is 11.1 Å². The molecule has 0 fully saturated rings. The highest BCUT2D eigenvalue weighted by Crippen LogP contribution is 2.44. The molecule has 1 unspecified atom stereocenters. The first-order valence-electron chi connectivity index (χ1n) is 12.3. The summed E-state index contributed by atoms with van der Waals surface area (Å²) >= 11 is 2.93. The fourth-order valence-electron chi connectivity index (χ4n) is 4.64. The lowest BCUT2D eigenvalue weighted by atomic mass is 9.72. The Labute approximate surface area is 221 Å². The van der Waals surface area contributed by atoms with Gasteiger partial charge in [0, 0.05) is 36.8 Å². The van der Waals surface area contributed by atoms with Gasteiger partial charge in [0.05, 0.1) is 11.3 Å². The number of nitriles is 1. The van der Waals surface area contributed by atoms with Crippen LogP contribution in [0.3, 0.4) is 0 Å². The second kappa shape index (κ2) is 10.7. The third kappa shape index (κ3) is 5.45. The minimum atomic E-state index is -0.135. The topological polar surface area (TPSA) is 86.8 Å². The Morgan fingerprint density at radius 3 is 2.78 bits per heavy atom. The number of anilines is 2. The summed E-state index contributed by atoms with van der Waals surface area (Å²) in [5.41, 5.74) is 4.08. The molecule has 0 saturated carbocycles. The van der Waals surface area contributed by atoms with Crippen molar-refractivity contribution in [3.63, 3.8) is 0 Å². The molecular formula is C27H34N6OS2. The van der Waals surface area contributed by atoms with Gasteiger partial charge >= 0.3 is 0 Å². The molecule has 0 aliphatic heterocycles. The van der Waals surface area contributed by atoms with Crippen LogP contribution in [-0.2, 0) is 24.2 Å². The first kappa shape index (κ1) is 26.2. The number of thiophene rings is 1. The molecular weight excluding hydrogens is 488 g/mol. The van der Waals surface area contributed by atoms with E-state index in [1.807, 2.05) is 37.7 Å². The molecule has 190 valence electrons. The quantitative estimate of drug-likeness (QED) is 0.392. The predicted octanol–water partition coefficient (Wildman–Crippen LogP) is 5.85. The van der Waals surface area contributed by atoms with E-state index in [0.29, 0.717) is 28.2 Å². The van der Waals surface area contributed by atoms with E-state index in [9.17, 15) is 10.1 Å². The molecule has 1 atom stereocenters. The molecule has 2 heterocycles. The Kier molecular flexibility index (Phi) is 7.76. The predicted molar refractivity (Wildman–Crippen MR) is 149 cm³/mol. The summed E-state index contributed by atoms with van der Waals surface area (Å²) in [5.74, 6) is 1.44. The summed E-state index contributed by atoms with van der Waals surface area (Å²) in [6, 6.07) is 10.5. The average Bonchev–Trinajstić information content (AvgIpc) is 3.41. The molecule has 1 N–H and O–H groups in total. The van der Waals surface area contributed by atoms with Gasteiger partial charge in [-0.25, -0.2) is 0 Å². The van der Waals surface area contributed by atoms with Crippen LogP contribution in [-0.4, -0.2) is 40.5 Å². The van der Waals surface area contributed by atoms with E-state index in [-0.39, 0.29) is 17.1 Å². The summed E-state index contributed by atoms with van der Waals surface area (Å²) in [7, 11) is 4.02. The number of benzene rings is 1. The normalized spacial score (nSPS) is 15.3. The van der Waals surface area contributed by atoms with Gasteiger partial charge in [0.15, 0.2) is 11.0 Å². The first-order chi connectivity index (χ1) is 17.1. The fourth-order valence-corrected chi connectivity index (χ4v) is 6.74. The van der Waals surface area contributed by atoms with Crippen LogP contribution < -0.4 is 10.2 Å². The van der Waals surface area contributed by atoms with Crippen molar-refractivity contribution < 1.29 is 4.79 Å². The van der Waals surface area contributed by atoms with Crippen molar-refractivity contribution in [1.82, 2.24) is 14.8 Å². The number of carbonyl (C=O) groups is 1. The van der Waals surface area contributed by atoms with E-state index in [1.54, 1.807) is 11.3 Å². The van der Waals surface area contributed by atoms with Gasteiger partial charge < -0.3 is 14.8 Å². The van der Waals surface area contributed by atoms with Crippen LogP contribution in [0.5, 0.6) is 0 Å². The second-order valence-electron chi connectivity index (χ2n) is 10.5. The van der Waals surface area contributed by atoms with Gasteiger partial charge in [0.2, 0.25) is 5.91 Å². The first-order valence-corrected chi connectivity index (χ1v) is 14.1. The number of rotatable bonds is 7. The maximum atomic E-state index is 12.9. The van der Waals surface area contributed by atoms with Gasteiger partial charge in [-0.05, 0) is 55.2 Å². The van der Waals surface area contributed by atoms with Gasteiger partial charge in [-0.15, -0.1) is 21.5 Å². The molecule has 36 heavy (non-hydrogen) atoms. The molecule has 2 aromatic heterocycles. The SMILES string of the molecule is CCn1c(SCC(=O)Nc2sc3c(c2C#N)CCC(C(C)(C)C)C3)nnc1-c1cccc(N(C)C)c1. The molecule has 1 aliphatic carbocycles. The molecule has 1 aliphatic rings. The number of thioether (sulfide) groups is 1. The summed E-state index contributed by atoms with van der Waals surface area (Å²) < 4.78 is 2.03. The van der Waals surface area contributed by atoms with Crippen molar-refractivity contribution in [1.29, 1.82) is 5.26 Å². The zero-order valence-corrected chi connectivity index (χ0v) is 23.5. The lowest BCUT2D eigenvalue weighted by Crippen LogP contribution is -2.26. The number of carbonyl (C=O) groups excluding carboxylic acids is 1. The molecule has 0 spiro atoms. The van der Waals surface area contributed by atoms with Crippen LogP contribution in [0.15, 0.2) is 29.4 Å². The lowest BCUT2D eigenvalue weighted by molar-refractivity contribution is -0.113. The lowest BCUT2D eigenvalue weighted by Gasteiger charge is -2.33. The van der Waals surface area contributed by atoms with Gasteiger partial charge in [-0.2, -0.15) is 5.26 Å². The van der Waals surface area contributed by atoms with Crippen molar-refractivity contribution >= 4 is 39.7 Å². The van der Waals surface area contributed by atoms with Crippen molar-refractivity contribution in [2.24, 2.45) is 11.3 Å². The average molecular weight is 523 g/mol. The standard InChI is InChI=1S/C27H34N6OS2/c1-7-33-24(17-9-8-10-19(13-17)32(5)6)30-31-26(33)35-16-23(34)29-25-21(15-28)20-12-11-18(27(2,3)4)14-22(20)36-25/h8-10,13,18H,7,11-12,14,16H2,1-6H3,(H,29,34). The number of nitrogens with zero attached hydrogens (tertiary/aromatic N) is 5. The number of aromatic nitrogens is 3. The second-order valence-corrected chi connectivity index (χ2v) is 12.5. The van der Waals surface area contributed by atoms with E-state index in [0.717, 1.165) is 41.9 Å². The maximum Gasteiger partial charge on any atom is 0.235 e. The molecule has 9 heteroatoms. The maximum absolute atomic E-state index is 12.9. The monoisotopic (exact) mass is 522 g/mol.